The highest BCUT2D eigenvalue weighted by Gasteiger charge is 2.07. The summed E-state index contributed by atoms with van der Waals surface area (Å²) < 4.78 is 0. The van der Waals surface area contributed by atoms with E-state index in [2.05, 4.69) is 40.2 Å². The second kappa shape index (κ2) is 10.5. The summed E-state index contributed by atoms with van der Waals surface area (Å²) in [7, 11) is 0. The minimum absolute atomic E-state index is 0.215. The quantitative estimate of drug-likeness (QED) is 0.535. The zero-order valence-electron chi connectivity index (χ0n) is 14.9. The lowest BCUT2D eigenvalue weighted by molar-refractivity contribution is 0.900. The normalized spacial score (nSPS) is 13.0. The van der Waals surface area contributed by atoms with Gasteiger partial charge in [-0.05, 0) is 26.6 Å². The van der Waals surface area contributed by atoms with Crippen LogP contribution in [0.3, 0.4) is 0 Å². The molecule has 0 bridgehead atoms. The third-order valence-electron chi connectivity index (χ3n) is 3.12. The van der Waals surface area contributed by atoms with Crippen LogP contribution in [0.4, 0.5) is 0 Å². The Morgan fingerprint density at radius 2 is 2.08 bits per heavy atom. The molecule has 1 heterocycles. The summed E-state index contributed by atoms with van der Waals surface area (Å²) in [4.78, 5) is 12.4. The van der Waals surface area contributed by atoms with E-state index in [9.17, 15) is 0 Å². The molecule has 0 spiro atoms. The van der Waals surface area contributed by atoms with Crippen molar-refractivity contribution in [3.63, 3.8) is 0 Å². The molecule has 0 aliphatic rings. The number of aromatic nitrogens is 1. The largest absolute Gasteiger partial charge is 0.382 e. The van der Waals surface area contributed by atoms with Crippen LogP contribution in [0.1, 0.15) is 19.4 Å². The smallest absolute Gasteiger partial charge is 0.150 e. The minimum atomic E-state index is 0.215. The van der Waals surface area contributed by atoms with Gasteiger partial charge in [-0.2, -0.15) is 0 Å². The Hall–Kier alpha value is -3.21. The highest BCUT2D eigenvalue weighted by atomic mass is 15.0. The molecule has 0 unspecified atom stereocenters. The van der Waals surface area contributed by atoms with Crippen LogP contribution in [0, 0.1) is 0 Å². The van der Waals surface area contributed by atoms with Crippen molar-refractivity contribution in [2.45, 2.75) is 13.8 Å². The number of rotatable bonds is 9. The minimum Gasteiger partial charge on any atom is -0.382 e. The van der Waals surface area contributed by atoms with Gasteiger partial charge in [-0.15, -0.1) is 0 Å². The maximum absolute atomic E-state index is 5.92. The van der Waals surface area contributed by atoms with Crippen LogP contribution in [-0.4, -0.2) is 24.0 Å². The van der Waals surface area contributed by atoms with Gasteiger partial charge in [-0.1, -0.05) is 49.1 Å². The van der Waals surface area contributed by atoms with Crippen molar-refractivity contribution in [1.82, 2.24) is 10.3 Å². The highest BCUT2D eigenvalue weighted by molar-refractivity contribution is 5.99. The Balaban J connectivity index is 2.85. The van der Waals surface area contributed by atoms with Crippen molar-refractivity contribution < 1.29 is 0 Å². The molecule has 0 saturated heterocycles. The number of pyridine rings is 1. The first-order valence-electron chi connectivity index (χ1n) is 7.79. The summed E-state index contributed by atoms with van der Waals surface area (Å²) in [5, 5.41) is 3.16. The van der Waals surface area contributed by atoms with Crippen molar-refractivity contribution in [1.29, 1.82) is 0 Å². The van der Waals surface area contributed by atoms with E-state index in [-0.39, 0.29) is 5.82 Å². The van der Waals surface area contributed by atoms with E-state index in [1.165, 1.54) is 0 Å². The molecule has 3 N–H and O–H groups in total. The monoisotopic (exact) mass is 335 g/mol. The number of aliphatic imine (C=N–C) groups is 2. The van der Waals surface area contributed by atoms with E-state index >= 15 is 0 Å². The molecule has 0 saturated carbocycles. The highest BCUT2D eigenvalue weighted by Crippen LogP contribution is 2.13. The number of nitrogens with zero attached hydrogens (tertiary/aromatic N) is 3. The van der Waals surface area contributed by atoms with E-state index in [0.717, 1.165) is 16.8 Å². The van der Waals surface area contributed by atoms with Crippen molar-refractivity contribution >= 4 is 12.4 Å². The van der Waals surface area contributed by atoms with Gasteiger partial charge < -0.3 is 11.1 Å². The maximum atomic E-state index is 5.92. The van der Waals surface area contributed by atoms with Crippen molar-refractivity contribution in [3.05, 3.63) is 90.3 Å². The fourth-order valence-electron chi connectivity index (χ4n) is 1.80. The molecule has 0 fully saturated rings. The second-order valence-electron chi connectivity index (χ2n) is 5.32. The van der Waals surface area contributed by atoms with Gasteiger partial charge >= 0.3 is 0 Å². The van der Waals surface area contributed by atoms with Crippen LogP contribution in [0.2, 0.25) is 0 Å². The van der Waals surface area contributed by atoms with Gasteiger partial charge in [-0.25, -0.2) is 9.98 Å². The molecule has 5 nitrogen and oxygen atoms in total. The standard InChI is InChI=1S/C20H25N5/c1-15(2)10-7-6-8-13-24-17(4)19(20(21)22-5)25-16(3)18-11-9-12-23-14-18/h6-12,14,24H,1,4-5,13,21H2,2-3H3/b8-6-,10-7-,20-19-,25-16+. The Kier molecular flexibility index (Phi) is 8.37. The van der Waals surface area contributed by atoms with Gasteiger partial charge in [-0.3, -0.25) is 4.98 Å². The predicted molar refractivity (Wildman–Crippen MR) is 107 cm³/mol. The van der Waals surface area contributed by atoms with Crippen LogP contribution in [0.25, 0.3) is 0 Å². The first-order valence-corrected chi connectivity index (χ1v) is 7.79. The number of nitrogens with one attached hydrogen (secondary N) is 1. The second-order valence-corrected chi connectivity index (χ2v) is 5.32. The maximum Gasteiger partial charge on any atom is 0.150 e. The van der Waals surface area contributed by atoms with E-state index < -0.39 is 0 Å². The molecule has 1 aromatic heterocycles. The molecule has 25 heavy (non-hydrogen) atoms. The Morgan fingerprint density at radius 3 is 2.68 bits per heavy atom. The first-order chi connectivity index (χ1) is 12.0. The van der Waals surface area contributed by atoms with Crippen molar-refractivity contribution in [2.24, 2.45) is 15.7 Å². The lowest BCUT2D eigenvalue weighted by Gasteiger charge is -2.11. The number of hydrogen-bond donors (Lipinski definition) is 2. The number of nitrogens with two attached hydrogens (primary N) is 1. The van der Waals surface area contributed by atoms with E-state index in [0.29, 0.717) is 17.9 Å². The van der Waals surface area contributed by atoms with Gasteiger partial charge in [0.15, 0.2) is 5.82 Å². The van der Waals surface area contributed by atoms with E-state index in [1.54, 1.807) is 12.4 Å². The first kappa shape index (κ1) is 19.8. The van der Waals surface area contributed by atoms with E-state index in [4.69, 9.17) is 5.73 Å². The summed E-state index contributed by atoms with van der Waals surface area (Å²) in [5.41, 5.74) is 9.61. The Labute approximate surface area is 149 Å². The van der Waals surface area contributed by atoms with Gasteiger partial charge in [0.1, 0.15) is 5.70 Å². The predicted octanol–water partition coefficient (Wildman–Crippen LogP) is 3.51. The molecule has 5 heteroatoms. The molecule has 0 aliphatic carbocycles. The summed E-state index contributed by atoms with van der Waals surface area (Å²) in [6.45, 7) is 15.7. The van der Waals surface area contributed by atoms with Crippen LogP contribution >= 0.6 is 0 Å². The molecule has 0 aromatic carbocycles. The zero-order valence-corrected chi connectivity index (χ0v) is 14.9. The molecule has 0 amide bonds. The molecule has 0 atom stereocenters. The van der Waals surface area contributed by atoms with E-state index in [1.807, 2.05) is 50.3 Å². The molecule has 130 valence electrons. The average molecular weight is 335 g/mol. The van der Waals surface area contributed by atoms with Gasteiger partial charge in [0.2, 0.25) is 0 Å². The number of hydrogen-bond acceptors (Lipinski definition) is 5. The Morgan fingerprint density at radius 1 is 1.32 bits per heavy atom. The molecule has 1 aromatic rings. The van der Waals surface area contributed by atoms with Crippen LogP contribution in [0.15, 0.2) is 94.8 Å². The fourth-order valence-corrected chi connectivity index (χ4v) is 1.80. The van der Waals surface area contributed by atoms with Crippen molar-refractivity contribution in [3.8, 4) is 0 Å². The molecule has 1 rings (SSSR count). The molecule has 0 radical (unpaired) electrons. The number of allylic oxidation sites excluding steroid dienone is 4. The van der Waals surface area contributed by atoms with Gasteiger partial charge in [0.25, 0.3) is 0 Å². The SMILES string of the molecule is C=N/C(N)=C(\N=C(/C)c1cccnc1)C(=C)NC/C=C\C=C/C(=C)C. The van der Waals surface area contributed by atoms with Crippen LogP contribution < -0.4 is 11.1 Å². The Bertz CT molecular complexity index is 737. The summed E-state index contributed by atoms with van der Waals surface area (Å²) in [6.07, 6.45) is 11.2. The summed E-state index contributed by atoms with van der Waals surface area (Å²) >= 11 is 0. The zero-order chi connectivity index (χ0) is 18.7. The van der Waals surface area contributed by atoms with Crippen LogP contribution in [-0.2, 0) is 0 Å². The third-order valence-corrected chi connectivity index (χ3v) is 3.12. The fraction of sp³-hybridized carbons (Fsp3) is 0.150. The summed E-state index contributed by atoms with van der Waals surface area (Å²) in [6, 6.07) is 3.77. The van der Waals surface area contributed by atoms with Gasteiger partial charge in [0.05, 0.1) is 5.70 Å². The molecular formula is C20H25N5. The molecule has 0 aliphatic heterocycles. The average Bonchev–Trinajstić information content (AvgIpc) is 2.62. The lowest BCUT2D eigenvalue weighted by Crippen LogP contribution is -2.16. The van der Waals surface area contributed by atoms with Crippen molar-refractivity contribution in [2.75, 3.05) is 6.54 Å². The topological polar surface area (TPSA) is 75.7 Å². The third kappa shape index (κ3) is 7.26. The molecular weight excluding hydrogens is 310 g/mol. The summed E-state index contributed by atoms with van der Waals surface area (Å²) in [5.74, 6) is 0.215. The lowest BCUT2D eigenvalue weighted by atomic mass is 10.2. The van der Waals surface area contributed by atoms with Gasteiger partial charge in [0, 0.05) is 30.2 Å². The van der Waals surface area contributed by atoms with Crippen LogP contribution in [0.5, 0.6) is 0 Å².